The summed E-state index contributed by atoms with van der Waals surface area (Å²) in [6, 6.07) is 1.70. The number of carbonyl (C=O) groups excluding carboxylic acids is 1. The van der Waals surface area contributed by atoms with Gasteiger partial charge in [0.1, 0.15) is 11.6 Å². The first kappa shape index (κ1) is 31.2. The Morgan fingerprint density at radius 2 is 1.49 bits per heavy atom. The fourth-order valence-corrected chi connectivity index (χ4v) is 4.49. The minimum Gasteiger partial charge on any atom is -0.475 e. The van der Waals surface area contributed by atoms with Gasteiger partial charge in [-0.25, -0.2) is 14.6 Å². The van der Waals surface area contributed by atoms with Crippen LogP contribution < -0.4 is 0 Å². The van der Waals surface area contributed by atoms with Crippen molar-refractivity contribution in [2.75, 3.05) is 13.1 Å². The monoisotopic (exact) mass is 594 g/mol. The molecule has 0 radical (unpaired) electrons. The van der Waals surface area contributed by atoms with Crippen molar-refractivity contribution < 1.29 is 55.5 Å². The third-order valence-corrected chi connectivity index (χ3v) is 6.48. The van der Waals surface area contributed by atoms with Gasteiger partial charge < -0.3 is 24.2 Å². The lowest BCUT2D eigenvalue weighted by molar-refractivity contribution is -0.193. The number of piperidine rings is 1. The molecule has 41 heavy (non-hydrogen) atoms. The Bertz CT molecular complexity index is 1380. The number of alkyl halides is 6. The molecular formula is C23H24F6N6O6. The number of carboxylic acids is 2. The van der Waals surface area contributed by atoms with Gasteiger partial charge in [0.2, 0.25) is 0 Å². The molecule has 1 amide bonds. The fraction of sp³-hybridized carbons (Fsp3) is 0.478. The highest BCUT2D eigenvalue weighted by Gasteiger charge is 2.45. The van der Waals surface area contributed by atoms with E-state index < -0.39 is 24.3 Å². The SMILES string of the molecule is Cc1cc(C(=O)N2CCC3(CC2)CCn2c(-c4cnn(C)c4)cnc23)no1.O=C(O)C(F)(F)F.O=C(O)C(F)(F)F. The van der Waals surface area contributed by atoms with Crippen LogP contribution in [0.5, 0.6) is 0 Å². The number of carbonyl (C=O) groups is 3. The molecule has 0 bridgehead atoms. The topological polar surface area (TPSA) is 157 Å². The molecule has 3 aromatic rings. The standard InChI is InChI=1S/C19H22N6O2.2C2HF3O2/c1-13-9-15(22-27-13)17(26)24-6-3-19(4-7-24)5-8-25-16(11-20-18(19)25)14-10-21-23(2)12-14;2*3-2(4,5)1(6)7/h9-12H,3-8H2,1-2H3;2*(H,6,7). The minimum atomic E-state index is -5.08. The molecule has 0 saturated carbocycles. The number of hydrogen-bond acceptors (Lipinski definition) is 7. The number of imidazole rings is 1. The number of nitrogens with zero attached hydrogens (tertiary/aromatic N) is 6. The Balaban J connectivity index is 0.000000276. The van der Waals surface area contributed by atoms with Gasteiger partial charge in [0.25, 0.3) is 5.91 Å². The van der Waals surface area contributed by atoms with Crippen LogP contribution in [0.3, 0.4) is 0 Å². The average molecular weight is 594 g/mol. The maximum atomic E-state index is 12.6. The summed E-state index contributed by atoms with van der Waals surface area (Å²) in [5.41, 5.74) is 2.70. The molecule has 5 rings (SSSR count). The minimum absolute atomic E-state index is 0.0425. The summed E-state index contributed by atoms with van der Waals surface area (Å²) < 4.78 is 72.7. The van der Waals surface area contributed by atoms with E-state index in [4.69, 9.17) is 29.3 Å². The second-order valence-corrected chi connectivity index (χ2v) is 9.27. The number of likely N-dealkylation sites (tertiary alicyclic amines) is 1. The van der Waals surface area contributed by atoms with Gasteiger partial charge in [-0.2, -0.15) is 31.4 Å². The number of aromatic nitrogens is 5. The molecular weight excluding hydrogens is 570 g/mol. The van der Waals surface area contributed by atoms with Crippen molar-refractivity contribution in [1.82, 2.24) is 29.4 Å². The van der Waals surface area contributed by atoms with Crippen molar-refractivity contribution in [3.8, 4) is 11.3 Å². The van der Waals surface area contributed by atoms with Crippen molar-refractivity contribution in [3.05, 3.63) is 41.9 Å². The summed E-state index contributed by atoms with van der Waals surface area (Å²) in [6.45, 7) is 4.21. The van der Waals surface area contributed by atoms with Gasteiger partial charge in [0.05, 0.1) is 18.1 Å². The summed E-state index contributed by atoms with van der Waals surface area (Å²) >= 11 is 0. The fourth-order valence-electron chi connectivity index (χ4n) is 4.49. The second kappa shape index (κ2) is 11.6. The summed E-state index contributed by atoms with van der Waals surface area (Å²) in [6.07, 6.45) is -1.36. The van der Waals surface area contributed by atoms with Crippen molar-refractivity contribution >= 4 is 17.8 Å². The number of hydrogen-bond donors (Lipinski definition) is 2. The largest absolute Gasteiger partial charge is 0.490 e. The summed E-state index contributed by atoms with van der Waals surface area (Å²) in [5, 5.41) is 22.4. The molecule has 5 heterocycles. The number of rotatable bonds is 2. The molecule has 0 atom stereocenters. The number of fused-ring (bicyclic) bond motifs is 2. The molecule has 3 aromatic heterocycles. The highest BCUT2D eigenvalue weighted by atomic mass is 19.4. The molecule has 2 aliphatic heterocycles. The van der Waals surface area contributed by atoms with Crippen molar-refractivity contribution in [2.24, 2.45) is 7.05 Å². The molecule has 2 aliphatic rings. The highest BCUT2D eigenvalue weighted by Crippen LogP contribution is 2.44. The van der Waals surface area contributed by atoms with Crippen molar-refractivity contribution in [1.29, 1.82) is 0 Å². The van der Waals surface area contributed by atoms with Crippen molar-refractivity contribution in [2.45, 2.75) is 50.5 Å². The van der Waals surface area contributed by atoms with Crippen molar-refractivity contribution in [3.63, 3.8) is 0 Å². The Morgan fingerprint density at radius 3 is 1.93 bits per heavy atom. The smallest absolute Gasteiger partial charge is 0.475 e. The molecule has 1 spiro atoms. The molecule has 0 aliphatic carbocycles. The quantitative estimate of drug-likeness (QED) is 0.425. The molecule has 12 nitrogen and oxygen atoms in total. The van der Waals surface area contributed by atoms with Gasteiger partial charge in [-0.15, -0.1) is 0 Å². The predicted molar refractivity (Wildman–Crippen MR) is 124 cm³/mol. The first-order chi connectivity index (χ1) is 18.9. The highest BCUT2D eigenvalue weighted by molar-refractivity contribution is 5.92. The third kappa shape index (κ3) is 7.23. The van der Waals surface area contributed by atoms with Crippen LogP contribution in [0.2, 0.25) is 0 Å². The normalized spacial score (nSPS) is 15.9. The zero-order valence-electron chi connectivity index (χ0n) is 21.5. The van der Waals surface area contributed by atoms with E-state index in [1.807, 2.05) is 35.2 Å². The Kier molecular flexibility index (Phi) is 8.83. The third-order valence-electron chi connectivity index (χ3n) is 6.48. The van der Waals surface area contributed by atoms with Crippen LogP contribution in [0.15, 0.2) is 29.2 Å². The molecule has 1 saturated heterocycles. The zero-order chi connectivity index (χ0) is 30.8. The van der Waals surface area contributed by atoms with Gasteiger partial charge in [-0.3, -0.25) is 9.48 Å². The number of halogens is 6. The number of aryl methyl sites for hydroxylation is 2. The summed E-state index contributed by atoms with van der Waals surface area (Å²) in [7, 11) is 1.93. The Hall–Kier alpha value is -4.38. The first-order valence-electron chi connectivity index (χ1n) is 11.8. The van der Waals surface area contributed by atoms with Crippen LogP contribution in [0, 0.1) is 6.92 Å². The van der Waals surface area contributed by atoms with Crippen LogP contribution in [-0.2, 0) is 28.6 Å². The molecule has 1 fully saturated rings. The lowest BCUT2D eigenvalue weighted by atomic mass is 9.76. The van der Waals surface area contributed by atoms with Crippen LogP contribution in [0.4, 0.5) is 26.3 Å². The average Bonchev–Trinajstić information content (AvgIpc) is 3.66. The van der Waals surface area contributed by atoms with E-state index in [1.54, 1.807) is 13.0 Å². The van der Waals surface area contributed by atoms with Crippen LogP contribution in [-0.4, -0.2) is 82.9 Å². The lowest BCUT2D eigenvalue weighted by Gasteiger charge is -2.38. The number of aliphatic carboxylic acids is 2. The van der Waals surface area contributed by atoms with E-state index in [9.17, 15) is 31.1 Å². The van der Waals surface area contributed by atoms with Gasteiger partial charge >= 0.3 is 24.3 Å². The molecule has 224 valence electrons. The van der Waals surface area contributed by atoms with Gasteiger partial charge in [0, 0.05) is 49.9 Å². The Morgan fingerprint density at radius 1 is 0.951 bits per heavy atom. The first-order valence-corrected chi connectivity index (χ1v) is 11.8. The van der Waals surface area contributed by atoms with Gasteiger partial charge in [0.15, 0.2) is 5.69 Å². The van der Waals surface area contributed by atoms with Crippen LogP contribution in [0.1, 0.15) is 41.3 Å². The summed E-state index contributed by atoms with van der Waals surface area (Å²) in [4.78, 5) is 37.1. The van der Waals surface area contributed by atoms with Crippen LogP contribution >= 0.6 is 0 Å². The maximum Gasteiger partial charge on any atom is 0.490 e. The summed E-state index contributed by atoms with van der Waals surface area (Å²) in [5.74, 6) is -3.74. The Labute approximate surface area is 227 Å². The van der Waals surface area contributed by atoms with E-state index in [-0.39, 0.29) is 11.3 Å². The predicted octanol–water partition coefficient (Wildman–Crippen LogP) is 3.42. The zero-order valence-corrected chi connectivity index (χ0v) is 21.5. The molecule has 18 heteroatoms. The van der Waals surface area contributed by atoms with E-state index in [0.717, 1.165) is 56.0 Å². The van der Waals surface area contributed by atoms with E-state index in [1.165, 1.54) is 0 Å². The van der Waals surface area contributed by atoms with E-state index in [0.29, 0.717) is 11.5 Å². The van der Waals surface area contributed by atoms with Gasteiger partial charge in [-0.05, 0) is 26.2 Å². The van der Waals surface area contributed by atoms with E-state index >= 15 is 0 Å². The maximum absolute atomic E-state index is 12.6. The second-order valence-electron chi connectivity index (χ2n) is 9.27. The number of carboxylic acid groups (broad SMARTS) is 2. The lowest BCUT2D eigenvalue weighted by Crippen LogP contribution is -2.44. The molecule has 0 aromatic carbocycles. The molecule has 2 N–H and O–H groups in total. The molecule has 0 unspecified atom stereocenters. The number of amides is 1. The van der Waals surface area contributed by atoms with Gasteiger partial charge in [-0.1, -0.05) is 5.16 Å². The van der Waals surface area contributed by atoms with Crippen LogP contribution in [0.25, 0.3) is 11.3 Å². The van der Waals surface area contributed by atoms with E-state index in [2.05, 4.69) is 14.8 Å².